The Morgan fingerprint density at radius 2 is 1.30 bits per heavy atom. The van der Waals surface area contributed by atoms with Gasteiger partial charge in [-0.05, 0) is 120 Å². The molecule has 0 spiro atoms. The number of aromatic amines is 2. The number of imidazole rings is 1. The highest BCUT2D eigenvalue weighted by molar-refractivity contribution is 8.77. The summed E-state index contributed by atoms with van der Waals surface area (Å²) in [6.45, 7) is 3.92. The number of para-hydroxylation sites is 1. The third kappa shape index (κ3) is 24.7. The number of aliphatic imine (C=N–C) groups is 1. The molecular weight excluding hydrogens is 1460 g/mol. The second-order valence-corrected chi connectivity index (χ2v) is 31.4. The largest absolute Gasteiger partial charge is 0.481 e. The quantitative estimate of drug-likeness (QED) is 0.00823. The van der Waals surface area contributed by atoms with Gasteiger partial charge in [-0.1, -0.05) is 88.7 Å². The first-order valence-electron chi connectivity index (χ1n) is 36.7. The van der Waals surface area contributed by atoms with Gasteiger partial charge in [0.15, 0.2) is 23.3 Å². The maximum atomic E-state index is 15.7. The number of benzene rings is 3. The molecule has 8 amide bonds. The van der Waals surface area contributed by atoms with Gasteiger partial charge in [-0.25, -0.2) is 4.98 Å². The van der Waals surface area contributed by atoms with Crippen LogP contribution < -0.4 is 65.5 Å². The number of aromatic nitrogens is 3. The summed E-state index contributed by atoms with van der Waals surface area (Å²) in [5.41, 5.74) is 24.7. The highest BCUT2D eigenvalue weighted by Gasteiger charge is 2.45. The van der Waals surface area contributed by atoms with E-state index in [2.05, 4.69) is 62.5 Å². The lowest BCUT2D eigenvalue weighted by molar-refractivity contribution is -0.141. The normalized spacial score (nSPS) is 22.7. The number of hydrogen-bond donors (Lipinski definition) is 16. The van der Waals surface area contributed by atoms with Gasteiger partial charge in [-0.2, -0.15) is 0 Å². The number of rotatable bonds is 33. The number of likely N-dealkylation sites (tertiary alicyclic amines) is 2. The van der Waals surface area contributed by atoms with E-state index in [0.717, 1.165) is 39.3 Å². The molecule has 3 aliphatic heterocycles. The number of carboxylic acids is 2. The SMILES string of the molecule is CC(=O)C1C(=O)N[C@H](CCC(=O)O)C(=O)N[C@@H](Cc2cnc[nH]2)C(=O)N[C@@H](Cc2ccc3ccccc3c2)C(=O)N[C@@H](CCCN=C(N)N)C(=O)N[C@H](Cc2c[nH]c3ccccc23)C(=O)NC(C(=O)N2CCC[C@H]2C(=O)CN2CCC[C@H]2C(=O)CN[C@@H](CCCCN)C(=O)CN[C@@H](CC(=O)O)C(N)=O)CSSC1(C)C. The van der Waals surface area contributed by atoms with Gasteiger partial charge >= 0.3 is 11.9 Å². The smallest absolute Gasteiger partial charge is 0.305 e. The Labute approximate surface area is 643 Å². The predicted octanol–water partition coefficient (Wildman–Crippen LogP) is -0.554. The van der Waals surface area contributed by atoms with Crippen LogP contribution in [0, 0.1) is 5.92 Å². The number of nitrogens with zero attached hydrogens (tertiary/aromatic N) is 4. The molecule has 5 heterocycles. The Morgan fingerprint density at radius 3 is 1.97 bits per heavy atom. The van der Waals surface area contributed by atoms with Crippen LogP contribution in [0.15, 0.2) is 90.4 Å². The molecule has 36 heteroatoms. The van der Waals surface area contributed by atoms with Gasteiger partial charge in [0.25, 0.3) is 0 Å². The number of carbonyl (C=O) groups excluding carboxylic acids is 12. The molecule has 0 bridgehead atoms. The minimum atomic E-state index is -1.69. The van der Waals surface area contributed by atoms with Gasteiger partial charge in [0.2, 0.25) is 47.3 Å². The van der Waals surface area contributed by atoms with E-state index >= 15 is 24.0 Å². The number of ketones is 4. The molecule has 5 aromatic rings. The molecule has 594 valence electrons. The molecule has 0 aliphatic carbocycles. The van der Waals surface area contributed by atoms with Crippen LogP contribution >= 0.6 is 21.6 Å². The molecule has 2 aromatic heterocycles. The van der Waals surface area contributed by atoms with Crippen LogP contribution in [0.1, 0.15) is 115 Å². The Bertz CT molecular complexity index is 4170. The number of nitrogens with one attached hydrogen (secondary N) is 10. The highest BCUT2D eigenvalue weighted by Crippen LogP contribution is 2.42. The molecular formula is C74H100N18O16S2. The number of hydrogen-bond acceptors (Lipinski definition) is 22. The number of carboxylic acid groups (broad SMARTS) is 2. The fourth-order valence-electron chi connectivity index (χ4n) is 14.0. The fraction of sp³-hybridized carbons (Fsp3) is 0.514. The third-order valence-corrected chi connectivity index (χ3v) is 23.0. The van der Waals surface area contributed by atoms with Gasteiger partial charge < -0.3 is 85.2 Å². The zero-order chi connectivity index (χ0) is 79.8. The van der Waals surface area contributed by atoms with Crippen LogP contribution in [0.2, 0.25) is 0 Å². The van der Waals surface area contributed by atoms with E-state index in [1.807, 2.05) is 42.5 Å². The average molecular weight is 1560 g/mol. The number of aliphatic carboxylic acids is 2. The number of carbonyl (C=O) groups is 14. The molecule has 8 rings (SSSR count). The Hall–Kier alpha value is -10.1. The average Bonchev–Trinajstić information content (AvgIpc) is 1.54. The number of Topliss-reactive ketones (excluding diaryl/α,β-unsaturated/α-hetero) is 4. The molecule has 3 aliphatic rings. The summed E-state index contributed by atoms with van der Waals surface area (Å²) in [5, 5.41) is 43.8. The molecule has 3 aromatic carbocycles. The van der Waals surface area contributed by atoms with Crippen LogP contribution in [0.25, 0.3) is 21.7 Å². The van der Waals surface area contributed by atoms with Crippen molar-refractivity contribution in [1.29, 1.82) is 0 Å². The standard InChI is InChI=1S/C74H100N18O16S2/c1-41(93)64-71(107)86-51(23-24-62(97)98)67(103)89-55(32-46-35-79-40-84-46)70(106)87-53(30-42-21-22-43-13-4-5-14-44(43)29-42)68(104)85-50(18-10-26-80-73(77)78)66(102)88-54(31-45-34-81-48-16-7-6-15-47(45)48)69(105)90-56(39-109-110-74(64,2)3)72(108)92-28-12-20-58(92)61(96)38-91-27-11-19-57(91)60(95)37-82-49(17-8-9-25-75)59(94)36-83-52(65(76)101)33-63(99)100/h4-7,13-16,21-22,29,34-35,40,49-58,64,81-83H,8-12,17-20,23-28,30-33,36-39,75H2,1-3H3,(H2,76,101)(H,79,84)(H,85,104)(H,86,107)(H,87,106)(H,88,102)(H,89,103)(H,90,105)(H,97,98)(H,99,100)(H4,77,78,80)/t49-,50-,51+,52-,53-,54+,55-,56?,57-,58-,64?/m0/s1. The lowest BCUT2D eigenvalue weighted by atomic mass is 9.90. The van der Waals surface area contributed by atoms with Crippen molar-refractivity contribution in [2.45, 2.75) is 182 Å². The van der Waals surface area contributed by atoms with E-state index in [1.54, 1.807) is 49.2 Å². The molecule has 3 fully saturated rings. The summed E-state index contributed by atoms with van der Waals surface area (Å²) in [5.74, 6) is -14.1. The number of unbranched alkanes of at least 4 members (excludes halogenated alkanes) is 1. The van der Waals surface area contributed by atoms with Crippen LogP contribution in [0.3, 0.4) is 0 Å². The summed E-state index contributed by atoms with van der Waals surface area (Å²) in [6.07, 6.45) is 4.40. The van der Waals surface area contributed by atoms with Crippen LogP contribution in [0.5, 0.6) is 0 Å². The Balaban J connectivity index is 1.14. The minimum absolute atomic E-state index is 0.0268. The highest BCUT2D eigenvalue weighted by atomic mass is 33.1. The lowest BCUT2D eigenvalue weighted by Gasteiger charge is -2.33. The second kappa shape index (κ2) is 41.1. The van der Waals surface area contributed by atoms with Crippen molar-refractivity contribution in [3.05, 3.63) is 102 Å². The zero-order valence-corrected chi connectivity index (χ0v) is 63.4. The topological polar surface area (TPSA) is 543 Å². The van der Waals surface area contributed by atoms with Gasteiger partial charge in [-0.3, -0.25) is 82.3 Å². The van der Waals surface area contributed by atoms with Crippen molar-refractivity contribution in [2.24, 2.45) is 33.8 Å². The van der Waals surface area contributed by atoms with E-state index in [0.29, 0.717) is 72.9 Å². The summed E-state index contributed by atoms with van der Waals surface area (Å²) < 4.78 is -1.44. The molecule has 2 unspecified atom stereocenters. The van der Waals surface area contributed by atoms with Crippen molar-refractivity contribution < 1.29 is 77.3 Å². The number of fused-ring (bicyclic) bond motifs is 2. The van der Waals surface area contributed by atoms with Crippen LogP contribution in [-0.4, -0.2) is 240 Å². The van der Waals surface area contributed by atoms with Gasteiger partial charge in [0.05, 0.1) is 56.5 Å². The summed E-state index contributed by atoms with van der Waals surface area (Å²) in [7, 11) is 1.95. The zero-order valence-electron chi connectivity index (χ0n) is 61.7. The van der Waals surface area contributed by atoms with E-state index < -0.39 is 173 Å². The van der Waals surface area contributed by atoms with Crippen molar-refractivity contribution in [1.82, 2.24) is 67.3 Å². The van der Waals surface area contributed by atoms with Gasteiger partial charge in [-0.15, -0.1) is 0 Å². The summed E-state index contributed by atoms with van der Waals surface area (Å²) >= 11 is 0. The van der Waals surface area contributed by atoms with Gasteiger partial charge in [0.1, 0.15) is 48.0 Å². The summed E-state index contributed by atoms with van der Waals surface area (Å²) in [4.78, 5) is 216. The third-order valence-electron chi connectivity index (χ3n) is 19.7. The maximum Gasteiger partial charge on any atom is 0.305 e. The van der Waals surface area contributed by atoms with Crippen molar-refractivity contribution >= 4 is 132 Å². The Kier molecular flexibility index (Phi) is 31.9. The first kappa shape index (κ1) is 85.5. The second-order valence-electron chi connectivity index (χ2n) is 28.4. The van der Waals surface area contributed by atoms with Crippen molar-refractivity contribution in [3.8, 4) is 0 Å². The molecule has 11 atom stereocenters. The number of H-pyrrole nitrogens is 2. The minimum Gasteiger partial charge on any atom is -0.481 e. The number of nitrogens with two attached hydrogens (primary N) is 4. The first-order valence-corrected chi connectivity index (χ1v) is 39.0. The van der Waals surface area contributed by atoms with E-state index in [1.165, 1.54) is 17.4 Å². The Morgan fingerprint density at radius 1 is 0.673 bits per heavy atom. The number of primary amides is 1. The lowest BCUT2D eigenvalue weighted by Crippen LogP contribution is -2.61. The summed E-state index contributed by atoms with van der Waals surface area (Å²) in [6, 6.07) is 6.46. The van der Waals surface area contributed by atoms with E-state index in [-0.39, 0.29) is 88.6 Å². The molecule has 110 heavy (non-hydrogen) atoms. The fourth-order valence-corrected chi connectivity index (χ4v) is 16.9. The number of guanidine groups is 1. The molecule has 0 saturated carbocycles. The molecule has 0 radical (unpaired) electrons. The molecule has 20 N–H and O–H groups in total. The van der Waals surface area contributed by atoms with E-state index in [4.69, 9.17) is 22.9 Å². The van der Waals surface area contributed by atoms with Crippen LogP contribution in [0.4, 0.5) is 0 Å². The van der Waals surface area contributed by atoms with Crippen LogP contribution in [-0.2, 0) is 86.4 Å². The monoisotopic (exact) mass is 1560 g/mol. The first-order chi connectivity index (χ1) is 52.5. The molecule has 3 saturated heterocycles. The van der Waals surface area contributed by atoms with E-state index in [9.17, 15) is 53.4 Å². The molecule has 34 nitrogen and oxygen atoms in total. The maximum absolute atomic E-state index is 15.7. The van der Waals surface area contributed by atoms with Crippen molar-refractivity contribution in [2.75, 3.05) is 51.6 Å². The number of amides is 8. The van der Waals surface area contributed by atoms with Gasteiger partial charge in [0, 0.05) is 78.3 Å². The van der Waals surface area contributed by atoms with Crippen molar-refractivity contribution in [3.63, 3.8) is 0 Å². The predicted molar refractivity (Wildman–Crippen MR) is 411 cm³/mol.